The maximum absolute atomic E-state index is 10.9. The summed E-state index contributed by atoms with van der Waals surface area (Å²) in [7, 11) is 0. The van der Waals surface area contributed by atoms with Crippen LogP contribution in [0.3, 0.4) is 0 Å². The van der Waals surface area contributed by atoms with Gasteiger partial charge in [-0.25, -0.2) is 4.98 Å². The number of nitrogens with zero attached hydrogens (tertiary/aromatic N) is 4. The van der Waals surface area contributed by atoms with E-state index in [2.05, 4.69) is 9.97 Å². The van der Waals surface area contributed by atoms with E-state index in [4.69, 9.17) is 0 Å². The highest BCUT2D eigenvalue weighted by molar-refractivity contribution is 5.76. The highest BCUT2D eigenvalue weighted by Crippen LogP contribution is 2.32. The van der Waals surface area contributed by atoms with Crippen LogP contribution in [-0.2, 0) is 0 Å². The van der Waals surface area contributed by atoms with Crippen molar-refractivity contribution >= 4 is 11.4 Å². The highest BCUT2D eigenvalue weighted by Gasteiger charge is 2.23. The SMILES string of the molecule is O=[N+]([O-])c1cnccc1-c1ncccc1[N+](=O)[O-]. The molecule has 0 atom stereocenters. The minimum Gasteiger partial charge on any atom is -0.258 e. The molecule has 0 spiro atoms. The molecular weight excluding hydrogens is 240 g/mol. The van der Waals surface area contributed by atoms with Crippen LogP contribution < -0.4 is 0 Å². The molecule has 0 N–H and O–H groups in total. The molecule has 8 heteroatoms. The molecule has 0 amide bonds. The molecule has 18 heavy (non-hydrogen) atoms. The molecule has 2 heterocycles. The molecular formula is C10H6N4O4. The van der Waals surface area contributed by atoms with Crippen molar-refractivity contribution in [3.05, 3.63) is 57.0 Å². The van der Waals surface area contributed by atoms with Crippen LogP contribution in [0.2, 0.25) is 0 Å². The van der Waals surface area contributed by atoms with Crippen molar-refractivity contribution in [1.29, 1.82) is 0 Å². The Bertz CT molecular complexity index is 573. The molecule has 0 saturated heterocycles. The Labute approximate surface area is 100 Å². The summed E-state index contributed by atoms with van der Waals surface area (Å²) in [5.41, 5.74) is -0.579. The Morgan fingerprint density at radius 3 is 2.39 bits per heavy atom. The molecule has 0 radical (unpaired) electrons. The van der Waals surface area contributed by atoms with Gasteiger partial charge in [-0.2, -0.15) is 0 Å². The predicted molar refractivity (Wildman–Crippen MR) is 60.8 cm³/mol. The summed E-state index contributed by atoms with van der Waals surface area (Å²) in [6, 6.07) is 3.97. The molecule has 0 unspecified atom stereocenters. The molecule has 8 nitrogen and oxygen atoms in total. The van der Waals surface area contributed by atoms with Crippen LogP contribution in [0.1, 0.15) is 0 Å². The molecule has 0 fully saturated rings. The van der Waals surface area contributed by atoms with Gasteiger partial charge in [0.15, 0.2) is 5.69 Å². The number of nitro groups is 2. The van der Waals surface area contributed by atoms with Crippen molar-refractivity contribution in [1.82, 2.24) is 9.97 Å². The molecule has 0 bridgehead atoms. The van der Waals surface area contributed by atoms with E-state index < -0.39 is 9.85 Å². The topological polar surface area (TPSA) is 112 Å². The van der Waals surface area contributed by atoms with Gasteiger partial charge in [-0.1, -0.05) is 0 Å². The Balaban J connectivity index is 2.70. The third-order valence-electron chi connectivity index (χ3n) is 2.23. The van der Waals surface area contributed by atoms with E-state index in [1.54, 1.807) is 0 Å². The number of hydrogen-bond donors (Lipinski definition) is 0. The van der Waals surface area contributed by atoms with Gasteiger partial charge in [0.05, 0.1) is 15.4 Å². The van der Waals surface area contributed by atoms with Gasteiger partial charge in [0.1, 0.15) is 6.20 Å². The lowest BCUT2D eigenvalue weighted by molar-refractivity contribution is -0.386. The zero-order chi connectivity index (χ0) is 13.1. The van der Waals surface area contributed by atoms with Crippen LogP contribution in [0.5, 0.6) is 0 Å². The monoisotopic (exact) mass is 246 g/mol. The first-order chi connectivity index (χ1) is 8.61. The minimum absolute atomic E-state index is 0.0448. The molecule has 0 aliphatic heterocycles. The highest BCUT2D eigenvalue weighted by atomic mass is 16.6. The minimum atomic E-state index is -0.652. The van der Waals surface area contributed by atoms with Gasteiger partial charge in [-0.05, 0) is 12.1 Å². The quantitative estimate of drug-likeness (QED) is 0.604. The fourth-order valence-electron chi connectivity index (χ4n) is 1.48. The smallest absolute Gasteiger partial charge is 0.258 e. The van der Waals surface area contributed by atoms with Gasteiger partial charge < -0.3 is 0 Å². The summed E-state index contributed by atoms with van der Waals surface area (Å²) in [4.78, 5) is 27.9. The zero-order valence-corrected chi connectivity index (χ0v) is 8.89. The molecule has 2 rings (SSSR count). The van der Waals surface area contributed by atoms with Crippen LogP contribution in [0.15, 0.2) is 36.8 Å². The van der Waals surface area contributed by atoms with E-state index in [0.717, 1.165) is 6.20 Å². The molecule has 0 aliphatic rings. The van der Waals surface area contributed by atoms with Gasteiger partial charge >= 0.3 is 0 Å². The molecule has 2 aromatic rings. The largest absolute Gasteiger partial charge is 0.297 e. The second kappa shape index (κ2) is 4.53. The fourth-order valence-corrected chi connectivity index (χ4v) is 1.48. The maximum Gasteiger partial charge on any atom is 0.297 e. The summed E-state index contributed by atoms with van der Waals surface area (Å²) in [5.74, 6) is 0. The van der Waals surface area contributed by atoms with Crippen LogP contribution in [-0.4, -0.2) is 19.8 Å². The van der Waals surface area contributed by atoms with Crippen molar-refractivity contribution in [3.8, 4) is 11.3 Å². The lowest BCUT2D eigenvalue weighted by Crippen LogP contribution is -1.98. The van der Waals surface area contributed by atoms with Gasteiger partial charge in [-0.15, -0.1) is 0 Å². The lowest BCUT2D eigenvalue weighted by Gasteiger charge is -2.02. The standard InChI is InChI=1S/C10H6N4O4/c15-13(16)8-2-1-4-12-10(8)7-3-5-11-6-9(7)14(17)18/h1-6H. The molecule has 0 aromatic carbocycles. The average Bonchev–Trinajstić information content (AvgIpc) is 2.38. The van der Waals surface area contributed by atoms with E-state index in [9.17, 15) is 20.2 Å². The van der Waals surface area contributed by atoms with Crippen LogP contribution in [0.4, 0.5) is 11.4 Å². The molecule has 0 saturated carbocycles. The zero-order valence-electron chi connectivity index (χ0n) is 8.89. The number of pyridine rings is 2. The van der Waals surface area contributed by atoms with E-state index in [1.165, 1.54) is 30.6 Å². The third kappa shape index (κ3) is 1.98. The van der Waals surface area contributed by atoms with Gasteiger partial charge in [-0.3, -0.25) is 25.2 Å². The summed E-state index contributed by atoms with van der Waals surface area (Å²) >= 11 is 0. The normalized spacial score (nSPS) is 10.0. The predicted octanol–water partition coefficient (Wildman–Crippen LogP) is 1.96. The average molecular weight is 246 g/mol. The first-order valence-electron chi connectivity index (χ1n) is 4.79. The Kier molecular flexibility index (Phi) is 2.92. The maximum atomic E-state index is 10.9. The van der Waals surface area contributed by atoms with Crippen molar-refractivity contribution in [2.45, 2.75) is 0 Å². The summed E-state index contributed by atoms with van der Waals surface area (Å²) in [5, 5.41) is 21.7. The number of aromatic nitrogens is 2. The second-order valence-corrected chi connectivity index (χ2v) is 3.28. The van der Waals surface area contributed by atoms with Crippen LogP contribution >= 0.6 is 0 Å². The number of rotatable bonds is 3. The van der Waals surface area contributed by atoms with Gasteiger partial charge in [0, 0.05) is 18.5 Å². The lowest BCUT2D eigenvalue weighted by atomic mass is 10.1. The van der Waals surface area contributed by atoms with Gasteiger partial charge in [0.25, 0.3) is 11.4 Å². The van der Waals surface area contributed by atoms with Crippen molar-refractivity contribution in [2.75, 3.05) is 0 Å². The van der Waals surface area contributed by atoms with Crippen LogP contribution in [0, 0.1) is 20.2 Å². The Morgan fingerprint density at radius 2 is 1.72 bits per heavy atom. The first kappa shape index (κ1) is 11.6. The molecule has 0 aliphatic carbocycles. The summed E-state index contributed by atoms with van der Waals surface area (Å²) in [6.07, 6.45) is 3.70. The second-order valence-electron chi connectivity index (χ2n) is 3.28. The van der Waals surface area contributed by atoms with Crippen molar-refractivity contribution < 1.29 is 9.85 Å². The molecule has 2 aromatic heterocycles. The Hall–Kier alpha value is -2.90. The summed E-state index contributed by atoms with van der Waals surface area (Å²) < 4.78 is 0. The van der Waals surface area contributed by atoms with Crippen LogP contribution in [0.25, 0.3) is 11.3 Å². The fraction of sp³-hybridized carbons (Fsp3) is 0. The van der Waals surface area contributed by atoms with E-state index >= 15 is 0 Å². The number of hydrogen-bond acceptors (Lipinski definition) is 6. The summed E-state index contributed by atoms with van der Waals surface area (Å²) in [6.45, 7) is 0. The van der Waals surface area contributed by atoms with E-state index in [1.807, 2.05) is 0 Å². The van der Waals surface area contributed by atoms with Crippen molar-refractivity contribution in [3.63, 3.8) is 0 Å². The third-order valence-corrected chi connectivity index (χ3v) is 2.23. The van der Waals surface area contributed by atoms with Crippen molar-refractivity contribution in [2.24, 2.45) is 0 Å². The Morgan fingerprint density at radius 1 is 1.00 bits per heavy atom. The first-order valence-corrected chi connectivity index (χ1v) is 4.79. The van der Waals surface area contributed by atoms with E-state index in [0.29, 0.717) is 0 Å². The van der Waals surface area contributed by atoms with Gasteiger partial charge in [0.2, 0.25) is 0 Å². The molecule has 90 valence electrons. The van der Waals surface area contributed by atoms with E-state index in [-0.39, 0.29) is 22.6 Å².